The summed E-state index contributed by atoms with van der Waals surface area (Å²) in [6, 6.07) is 10.3. The van der Waals surface area contributed by atoms with E-state index >= 15 is 0 Å². The average Bonchev–Trinajstić information content (AvgIpc) is 3.13. The van der Waals surface area contributed by atoms with Gasteiger partial charge in [0.1, 0.15) is 0 Å². The average molecular weight is 414 g/mol. The summed E-state index contributed by atoms with van der Waals surface area (Å²) in [6.45, 7) is 10.4. The van der Waals surface area contributed by atoms with Crippen LogP contribution in [-0.2, 0) is 13.1 Å². The molecule has 6 heteroatoms. The molecule has 0 atom stereocenters. The predicted octanol–water partition coefficient (Wildman–Crippen LogP) is 4.74. The molecule has 0 aliphatic heterocycles. The Morgan fingerprint density at radius 3 is 2.71 bits per heavy atom. The van der Waals surface area contributed by atoms with Crippen molar-refractivity contribution < 1.29 is 0 Å². The van der Waals surface area contributed by atoms with Crippen LogP contribution in [0.1, 0.15) is 35.4 Å². The number of pyridine rings is 1. The van der Waals surface area contributed by atoms with E-state index in [0.717, 1.165) is 34.1 Å². The third kappa shape index (κ3) is 5.00. The monoisotopic (exact) mass is 413 g/mol. The number of nitrogens with zero attached hydrogens (tertiary/aromatic N) is 1. The maximum Gasteiger partial charge on any atom is 0.253 e. The van der Waals surface area contributed by atoms with E-state index in [1.807, 2.05) is 25.1 Å². The molecule has 28 heavy (non-hydrogen) atoms. The van der Waals surface area contributed by atoms with Crippen molar-refractivity contribution in [2.24, 2.45) is 5.92 Å². The van der Waals surface area contributed by atoms with Crippen LogP contribution < -0.4 is 10.9 Å². The summed E-state index contributed by atoms with van der Waals surface area (Å²) in [5.74, 6) is 0.497. The molecule has 0 amide bonds. The van der Waals surface area contributed by atoms with Gasteiger partial charge >= 0.3 is 0 Å². The number of nitrogens with one attached hydrogen (secondary N) is 2. The molecule has 2 heterocycles. The van der Waals surface area contributed by atoms with Gasteiger partial charge in [-0.2, -0.15) is 0 Å². The fourth-order valence-corrected chi connectivity index (χ4v) is 4.16. The minimum atomic E-state index is -0.0552. The minimum absolute atomic E-state index is 0.0552. The lowest BCUT2D eigenvalue weighted by Gasteiger charge is -2.26. The van der Waals surface area contributed by atoms with Crippen LogP contribution in [0.4, 0.5) is 0 Å². The van der Waals surface area contributed by atoms with E-state index in [-0.39, 0.29) is 5.56 Å². The molecule has 0 aliphatic rings. The Morgan fingerprint density at radius 2 is 2.04 bits per heavy atom. The molecule has 0 aliphatic carbocycles. The van der Waals surface area contributed by atoms with Gasteiger partial charge in [-0.25, -0.2) is 0 Å². The Balaban J connectivity index is 1.91. The van der Waals surface area contributed by atoms with Crippen molar-refractivity contribution in [3.8, 4) is 0 Å². The Morgan fingerprint density at radius 1 is 1.25 bits per heavy atom. The molecule has 0 radical (unpaired) electrons. The van der Waals surface area contributed by atoms with Crippen LogP contribution in [0.3, 0.4) is 0 Å². The van der Waals surface area contributed by atoms with Crippen molar-refractivity contribution in [3.63, 3.8) is 0 Å². The fourth-order valence-electron chi connectivity index (χ4n) is 3.23. The number of H-pyrrole nitrogens is 1. The molecule has 148 valence electrons. The molecule has 2 aromatic heterocycles. The minimum Gasteiger partial charge on any atom is -0.362 e. The van der Waals surface area contributed by atoms with Crippen LogP contribution >= 0.6 is 23.6 Å². The molecule has 2 N–H and O–H groups in total. The van der Waals surface area contributed by atoms with E-state index in [2.05, 4.69) is 53.5 Å². The van der Waals surface area contributed by atoms with Crippen LogP contribution in [0.25, 0.3) is 10.9 Å². The lowest BCUT2D eigenvalue weighted by Crippen LogP contribution is -2.41. The zero-order valence-electron chi connectivity index (χ0n) is 16.8. The molecule has 0 saturated heterocycles. The van der Waals surface area contributed by atoms with Gasteiger partial charge < -0.3 is 15.2 Å². The summed E-state index contributed by atoms with van der Waals surface area (Å²) in [4.78, 5) is 19.1. The second kappa shape index (κ2) is 8.88. The molecule has 1 aromatic carbocycles. The number of thiocarbonyl (C=S) groups is 1. The van der Waals surface area contributed by atoms with Gasteiger partial charge in [-0.15, -0.1) is 11.3 Å². The van der Waals surface area contributed by atoms with Gasteiger partial charge in [0.2, 0.25) is 0 Å². The molecule has 4 nitrogen and oxygen atoms in total. The zero-order valence-corrected chi connectivity index (χ0v) is 18.5. The van der Waals surface area contributed by atoms with Crippen LogP contribution in [0.2, 0.25) is 0 Å². The number of aryl methyl sites for hydroxylation is 2. The summed E-state index contributed by atoms with van der Waals surface area (Å²) in [5.41, 5.74) is 3.87. The van der Waals surface area contributed by atoms with Crippen LogP contribution in [0.5, 0.6) is 0 Å². The first-order valence-corrected chi connectivity index (χ1v) is 10.8. The number of thiophene rings is 1. The molecule has 3 aromatic rings. The molecule has 3 rings (SSSR count). The van der Waals surface area contributed by atoms with Crippen molar-refractivity contribution in [1.29, 1.82) is 0 Å². The first kappa shape index (κ1) is 20.6. The highest BCUT2D eigenvalue weighted by Crippen LogP contribution is 2.20. The molecule has 0 spiro atoms. The molecular formula is C22H27N3OS2. The standard InChI is InChI=1S/C22H27N3OS2/c1-14(2)11-23-22(27)25(13-18-6-5-7-28-18)12-17-10-19-16(4)8-15(3)9-20(19)24-21(17)26/h5-10,14H,11-13H2,1-4H3,(H,23,27)(H,24,26). The van der Waals surface area contributed by atoms with Gasteiger partial charge in [-0.05, 0) is 66.7 Å². The number of rotatable bonds is 6. The summed E-state index contributed by atoms with van der Waals surface area (Å²) in [5, 5.41) is 7.17. The van der Waals surface area contributed by atoms with Crippen molar-refractivity contribution in [2.75, 3.05) is 6.54 Å². The van der Waals surface area contributed by atoms with E-state index in [9.17, 15) is 4.79 Å². The molecule has 0 bridgehead atoms. The maximum absolute atomic E-state index is 12.7. The van der Waals surface area contributed by atoms with Crippen LogP contribution in [-0.4, -0.2) is 21.5 Å². The van der Waals surface area contributed by atoms with Crippen molar-refractivity contribution in [1.82, 2.24) is 15.2 Å². The van der Waals surface area contributed by atoms with Gasteiger partial charge in [0, 0.05) is 27.9 Å². The summed E-state index contributed by atoms with van der Waals surface area (Å²) in [6.07, 6.45) is 0. The fraction of sp³-hybridized carbons (Fsp3) is 0.364. The third-order valence-electron chi connectivity index (χ3n) is 4.63. The second-order valence-electron chi connectivity index (χ2n) is 7.68. The predicted molar refractivity (Wildman–Crippen MR) is 123 cm³/mol. The number of aromatic amines is 1. The highest BCUT2D eigenvalue weighted by Gasteiger charge is 2.15. The maximum atomic E-state index is 12.7. The number of benzene rings is 1. The lowest BCUT2D eigenvalue weighted by molar-refractivity contribution is 0.397. The van der Waals surface area contributed by atoms with Crippen molar-refractivity contribution >= 4 is 39.6 Å². The Kier molecular flexibility index (Phi) is 6.52. The Bertz CT molecular complexity index is 1020. The van der Waals surface area contributed by atoms with Gasteiger partial charge in [0.15, 0.2) is 5.11 Å². The number of fused-ring (bicyclic) bond motifs is 1. The van der Waals surface area contributed by atoms with Gasteiger partial charge in [-0.3, -0.25) is 4.79 Å². The molecule has 0 fully saturated rings. The van der Waals surface area contributed by atoms with E-state index in [0.29, 0.717) is 24.1 Å². The van der Waals surface area contributed by atoms with Crippen molar-refractivity contribution in [2.45, 2.75) is 40.8 Å². The van der Waals surface area contributed by atoms with Gasteiger partial charge in [0.25, 0.3) is 5.56 Å². The summed E-state index contributed by atoms with van der Waals surface area (Å²) < 4.78 is 0. The normalized spacial score (nSPS) is 11.2. The summed E-state index contributed by atoms with van der Waals surface area (Å²) in [7, 11) is 0. The number of hydrogen-bond donors (Lipinski definition) is 2. The van der Waals surface area contributed by atoms with Gasteiger partial charge in [-0.1, -0.05) is 26.0 Å². The van der Waals surface area contributed by atoms with E-state index in [1.54, 1.807) is 11.3 Å². The van der Waals surface area contributed by atoms with Crippen LogP contribution in [0.15, 0.2) is 40.5 Å². The summed E-state index contributed by atoms with van der Waals surface area (Å²) >= 11 is 7.35. The molecular weight excluding hydrogens is 386 g/mol. The van der Waals surface area contributed by atoms with Gasteiger partial charge in [0.05, 0.1) is 13.1 Å². The Labute approximate surface area is 175 Å². The van der Waals surface area contributed by atoms with Crippen LogP contribution in [0, 0.1) is 19.8 Å². The largest absolute Gasteiger partial charge is 0.362 e. The van der Waals surface area contributed by atoms with E-state index in [4.69, 9.17) is 12.2 Å². The van der Waals surface area contributed by atoms with E-state index in [1.165, 1.54) is 4.88 Å². The lowest BCUT2D eigenvalue weighted by atomic mass is 10.0. The van der Waals surface area contributed by atoms with E-state index < -0.39 is 0 Å². The quantitative estimate of drug-likeness (QED) is 0.573. The Hall–Kier alpha value is -2.18. The first-order chi connectivity index (χ1) is 13.3. The second-order valence-corrected chi connectivity index (χ2v) is 9.10. The third-order valence-corrected chi connectivity index (χ3v) is 5.89. The topological polar surface area (TPSA) is 48.1 Å². The molecule has 0 unspecified atom stereocenters. The highest BCUT2D eigenvalue weighted by atomic mass is 32.1. The smallest absolute Gasteiger partial charge is 0.253 e. The first-order valence-electron chi connectivity index (χ1n) is 9.52. The number of aromatic nitrogens is 1. The zero-order chi connectivity index (χ0) is 20.3. The van der Waals surface area contributed by atoms with Crippen molar-refractivity contribution in [3.05, 3.63) is 67.6 Å². The molecule has 0 saturated carbocycles. The number of hydrogen-bond acceptors (Lipinski definition) is 3. The highest BCUT2D eigenvalue weighted by molar-refractivity contribution is 7.80. The SMILES string of the molecule is Cc1cc(C)c2cc(CN(Cc3cccs3)C(=S)NCC(C)C)c(=O)[nH]c2c1.